The molecular formula is C12H14BrN3O3S. The number of hydrogen-bond donors (Lipinski definition) is 2. The first-order valence-corrected chi connectivity index (χ1v) is 7.61. The normalized spacial score (nSPS) is 12.7. The average Bonchev–Trinajstić information content (AvgIpc) is 2.76. The van der Waals surface area contributed by atoms with Crippen LogP contribution in [0.3, 0.4) is 0 Å². The number of H-pyrrole nitrogens is 1. The minimum atomic E-state index is -0.606. The fourth-order valence-corrected chi connectivity index (χ4v) is 3.17. The minimum Gasteiger partial charge on any atom is -0.438 e. The SMILES string of the molecule is CNC(=O)OC(c1nc2cc(Br)sc2c(=O)[nH]1)C(C)C. The zero-order valence-electron chi connectivity index (χ0n) is 11.2. The number of amides is 1. The van der Waals surface area contributed by atoms with Crippen molar-refractivity contribution in [2.45, 2.75) is 20.0 Å². The molecule has 0 saturated carbocycles. The van der Waals surface area contributed by atoms with E-state index in [1.807, 2.05) is 13.8 Å². The Kier molecular flexibility index (Phi) is 4.44. The van der Waals surface area contributed by atoms with Crippen LogP contribution in [0.4, 0.5) is 4.79 Å². The number of halogens is 1. The van der Waals surface area contributed by atoms with Gasteiger partial charge in [-0.15, -0.1) is 11.3 Å². The van der Waals surface area contributed by atoms with Crippen molar-refractivity contribution in [2.24, 2.45) is 5.92 Å². The van der Waals surface area contributed by atoms with Crippen LogP contribution in [0.1, 0.15) is 25.8 Å². The molecule has 0 radical (unpaired) electrons. The lowest BCUT2D eigenvalue weighted by Crippen LogP contribution is -2.26. The van der Waals surface area contributed by atoms with Crippen molar-refractivity contribution in [1.29, 1.82) is 0 Å². The Morgan fingerprint density at radius 3 is 2.85 bits per heavy atom. The van der Waals surface area contributed by atoms with E-state index in [2.05, 4.69) is 31.2 Å². The van der Waals surface area contributed by atoms with Gasteiger partial charge in [0.25, 0.3) is 5.56 Å². The molecule has 2 aromatic rings. The average molecular weight is 360 g/mol. The predicted molar refractivity (Wildman–Crippen MR) is 81.1 cm³/mol. The Hall–Kier alpha value is -1.41. The van der Waals surface area contributed by atoms with E-state index in [-0.39, 0.29) is 11.5 Å². The van der Waals surface area contributed by atoms with E-state index in [4.69, 9.17) is 4.74 Å². The van der Waals surface area contributed by atoms with Gasteiger partial charge in [-0.2, -0.15) is 0 Å². The summed E-state index contributed by atoms with van der Waals surface area (Å²) in [7, 11) is 1.48. The lowest BCUT2D eigenvalue weighted by molar-refractivity contribution is 0.0669. The van der Waals surface area contributed by atoms with E-state index >= 15 is 0 Å². The van der Waals surface area contributed by atoms with Crippen molar-refractivity contribution in [2.75, 3.05) is 7.05 Å². The van der Waals surface area contributed by atoms with Crippen LogP contribution in [0.15, 0.2) is 14.6 Å². The van der Waals surface area contributed by atoms with E-state index < -0.39 is 12.2 Å². The molecule has 2 aromatic heterocycles. The molecule has 0 aromatic carbocycles. The number of aromatic amines is 1. The van der Waals surface area contributed by atoms with Gasteiger partial charge in [0.2, 0.25) is 0 Å². The van der Waals surface area contributed by atoms with Gasteiger partial charge in [0.15, 0.2) is 11.9 Å². The first-order chi connectivity index (χ1) is 9.42. The topological polar surface area (TPSA) is 84.1 Å². The summed E-state index contributed by atoms with van der Waals surface area (Å²) in [5.41, 5.74) is 0.360. The molecule has 0 aliphatic heterocycles. The molecule has 1 atom stereocenters. The number of rotatable bonds is 3. The molecule has 0 saturated heterocycles. The molecule has 0 aliphatic rings. The minimum absolute atomic E-state index is 0.0185. The summed E-state index contributed by atoms with van der Waals surface area (Å²) in [6.45, 7) is 3.78. The summed E-state index contributed by atoms with van der Waals surface area (Å²) in [6.07, 6.45) is -1.16. The van der Waals surface area contributed by atoms with Gasteiger partial charge >= 0.3 is 6.09 Å². The number of nitrogens with one attached hydrogen (secondary N) is 2. The highest BCUT2D eigenvalue weighted by Crippen LogP contribution is 2.28. The van der Waals surface area contributed by atoms with Gasteiger partial charge in [0, 0.05) is 7.05 Å². The van der Waals surface area contributed by atoms with Crippen molar-refractivity contribution in [3.05, 3.63) is 26.0 Å². The van der Waals surface area contributed by atoms with Crippen LogP contribution >= 0.6 is 27.3 Å². The second-order valence-corrected chi connectivity index (χ2v) is 6.97. The fraction of sp³-hybridized carbons (Fsp3) is 0.417. The van der Waals surface area contributed by atoms with Crippen molar-refractivity contribution < 1.29 is 9.53 Å². The number of carbonyl (C=O) groups is 1. The van der Waals surface area contributed by atoms with E-state index in [9.17, 15) is 9.59 Å². The van der Waals surface area contributed by atoms with Gasteiger partial charge < -0.3 is 15.0 Å². The highest BCUT2D eigenvalue weighted by molar-refractivity contribution is 9.11. The van der Waals surface area contributed by atoms with Crippen LogP contribution in [0.25, 0.3) is 10.2 Å². The molecule has 6 nitrogen and oxygen atoms in total. The quantitative estimate of drug-likeness (QED) is 0.882. The molecule has 20 heavy (non-hydrogen) atoms. The summed E-state index contributed by atoms with van der Waals surface area (Å²) in [6, 6.07) is 1.77. The molecule has 0 fully saturated rings. The van der Waals surface area contributed by atoms with Crippen LogP contribution in [0.5, 0.6) is 0 Å². The first-order valence-electron chi connectivity index (χ1n) is 6.00. The molecular weight excluding hydrogens is 346 g/mol. The summed E-state index contributed by atoms with van der Waals surface area (Å²) < 4.78 is 6.64. The molecule has 2 rings (SSSR count). The third-order valence-electron chi connectivity index (χ3n) is 2.68. The molecule has 1 unspecified atom stereocenters. The number of thiophene rings is 1. The van der Waals surface area contributed by atoms with Crippen molar-refractivity contribution in [3.8, 4) is 0 Å². The molecule has 8 heteroatoms. The van der Waals surface area contributed by atoms with Gasteiger partial charge in [-0.05, 0) is 27.9 Å². The van der Waals surface area contributed by atoms with E-state index in [0.717, 1.165) is 3.79 Å². The summed E-state index contributed by atoms with van der Waals surface area (Å²) in [5.74, 6) is 0.335. The van der Waals surface area contributed by atoms with Gasteiger partial charge in [-0.3, -0.25) is 4.79 Å². The zero-order valence-corrected chi connectivity index (χ0v) is 13.6. The maximum Gasteiger partial charge on any atom is 0.407 e. The number of aromatic nitrogens is 2. The second-order valence-electron chi connectivity index (χ2n) is 4.54. The van der Waals surface area contributed by atoms with Gasteiger partial charge in [0.05, 0.1) is 9.30 Å². The van der Waals surface area contributed by atoms with Crippen LogP contribution < -0.4 is 10.9 Å². The maximum atomic E-state index is 12.0. The van der Waals surface area contributed by atoms with E-state index in [1.165, 1.54) is 18.4 Å². The third-order valence-corrected chi connectivity index (χ3v) is 4.31. The van der Waals surface area contributed by atoms with Crippen LogP contribution in [-0.4, -0.2) is 23.1 Å². The van der Waals surface area contributed by atoms with E-state index in [0.29, 0.717) is 16.0 Å². The Bertz CT molecular complexity index is 695. The predicted octanol–water partition coefficient (Wildman–Crippen LogP) is 2.80. The number of ether oxygens (including phenoxy) is 1. The fourth-order valence-electron chi connectivity index (χ4n) is 1.75. The highest BCUT2D eigenvalue weighted by Gasteiger charge is 2.23. The zero-order chi connectivity index (χ0) is 14.9. The molecule has 2 heterocycles. The summed E-state index contributed by atoms with van der Waals surface area (Å²) in [4.78, 5) is 30.5. The monoisotopic (exact) mass is 359 g/mol. The molecule has 0 aliphatic carbocycles. The van der Waals surface area contributed by atoms with Crippen molar-refractivity contribution in [3.63, 3.8) is 0 Å². The summed E-state index contributed by atoms with van der Waals surface area (Å²) in [5, 5.41) is 2.39. The number of fused-ring (bicyclic) bond motifs is 1. The first kappa shape index (κ1) is 15.0. The smallest absolute Gasteiger partial charge is 0.407 e. The Morgan fingerprint density at radius 2 is 2.25 bits per heavy atom. The Labute approximate surface area is 127 Å². The maximum absolute atomic E-state index is 12.0. The summed E-state index contributed by atoms with van der Waals surface area (Å²) >= 11 is 4.65. The third kappa shape index (κ3) is 3.01. The van der Waals surface area contributed by atoms with Gasteiger partial charge in [-0.25, -0.2) is 9.78 Å². The number of carbonyl (C=O) groups excluding carboxylic acids is 1. The Morgan fingerprint density at radius 1 is 1.55 bits per heavy atom. The van der Waals surface area contributed by atoms with Gasteiger partial charge in [-0.1, -0.05) is 13.8 Å². The van der Waals surface area contributed by atoms with Crippen LogP contribution in [0, 0.1) is 5.92 Å². The molecule has 0 bridgehead atoms. The molecule has 2 N–H and O–H groups in total. The van der Waals surface area contributed by atoms with Gasteiger partial charge in [0.1, 0.15) is 4.70 Å². The molecule has 1 amide bonds. The van der Waals surface area contributed by atoms with Crippen molar-refractivity contribution >= 4 is 43.6 Å². The number of nitrogens with zero attached hydrogens (tertiary/aromatic N) is 1. The second kappa shape index (κ2) is 5.92. The Balaban J connectivity index is 2.48. The van der Waals surface area contributed by atoms with Crippen molar-refractivity contribution in [1.82, 2.24) is 15.3 Å². The number of hydrogen-bond acceptors (Lipinski definition) is 5. The largest absolute Gasteiger partial charge is 0.438 e. The van der Waals surface area contributed by atoms with Crippen LogP contribution in [0.2, 0.25) is 0 Å². The highest BCUT2D eigenvalue weighted by atomic mass is 79.9. The molecule has 108 valence electrons. The lowest BCUT2D eigenvalue weighted by Gasteiger charge is -2.20. The lowest BCUT2D eigenvalue weighted by atomic mass is 10.1. The van der Waals surface area contributed by atoms with E-state index in [1.54, 1.807) is 6.07 Å². The number of alkyl carbamates (subject to hydrolysis) is 1. The standard InChI is InChI=1S/C12H14BrN3O3S/c1-5(2)8(19-12(18)14-3)10-15-6-4-7(13)20-9(6)11(17)16-10/h4-5,8H,1-3H3,(H,14,18)(H,15,16,17). The molecule has 0 spiro atoms. The van der Waals surface area contributed by atoms with Crippen LogP contribution in [-0.2, 0) is 4.74 Å².